The molecule has 0 aliphatic carbocycles. The van der Waals surface area contributed by atoms with Gasteiger partial charge in [-0.3, -0.25) is 11.3 Å². The predicted molar refractivity (Wildman–Crippen MR) is 44.9 cm³/mol. The summed E-state index contributed by atoms with van der Waals surface area (Å²) in [6.07, 6.45) is 3.42. The van der Waals surface area contributed by atoms with Gasteiger partial charge in [-0.05, 0) is 25.2 Å². The molecule has 0 saturated carbocycles. The van der Waals surface area contributed by atoms with Crippen molar-refractivity contribution in [3.05, 3.63) is 0 Å². The van der Waals surface area contributed by atoms with Gasteiger partial charge in [-0.25, -0.2) is 0 Å². The molecule has 66 valence electrons. The third-order valence-corrected chi connectivity index (χ3v) is 2.49. The van der Waals surface area contributed by atoms with Gasteiger partial charge < -0.3 is 4.74 Å². The first kappa shape index (κ1) is 8.97. The molecule has 1 saturated heterocycles. The SMILES string of the molecule is CCC(NN)C1CCOCC1. The second-order valence-electron chi connectivity index (χ2n) is 3.13. The first-order chi connectivity index (χ1) is 5.38. The lowest BCUT2D eigenvalue weighted by Crippen LogP contribution is -2.42. The number of hydrogen-bond donors (Lipinski definition) is 2. The van der Waals surface area contributed by atoms with Crippen LogP contribution < -0.4 is 11.3 Å². The van der Waals surface area contributed by atoms with Gasteiger partial charge in [0.2, 0.25) is 0 Å². The lowest BCUT2D eigenvalue weighted by Gasteiger charge is -2.28. The normalized spacial score (nSPS) is 23.5. The molecule has 1 aliphatic heterocycles. The molecule has 1 aliphatic rings. The number of ether oxygens (including phenoxy) is 1. The molecule has 0 bridgehead atoms. The molecule has 0 spiro atoms. The van der Waals surface area contributed by atoms with E-state index in [1.807, 2.05) is 0 Å². The van der Waals surface area contributed by atoms with Crippen LogP contribution in [-0.2, 0) is 4.74 Å². The van der Waals surface area contributed by atoms with E-state index in [0.717, 1.165) is 38.4 Å². The highest BCUT2D eigenvalue weighted by Gasteiger charge is 2.20. The van der Waals surface area contributed by atoms with Crippen molar-refractivity contribution in [2.75, 3.05) is 13.2 Å². The van der Waals surface area contributed by atoms with E-state index in [0.29, 0.717) is 6.04 Å². The van der Waals surface area contributed by atoms with Gasteiger partial charge in [0.05, 0.1) is 0 Å². The van der Waals surface area contributed by atoms with Gasteiger partial charge in [-0.1, -0.05) is 6.92 Å². The summed E-state index contributed by atoms with van der Waals surface area (Å²) in [7, 11) is 0. The van der Waals surface area contributed by atoms with Crippen LogP contribution in [0.3, 0.4) is 0 Å². The minimum atomic E-state index is 0.485. The summed E-state index contributed by atoms with van der Waals surface area (Å²) in [5.41, 5.74) is 2.87. The summed E-state index contributed by atoms with van der Waals surface area (Å²) in [5, 5.41) is 0. The topological polar surface area (TPSA) is 47.3 Å². The maximum Gasteiger partial charge on any atom is 0.0469 e. The Labute approximate surface area is 68.3 Å². The first-order valence-corrected chi connectivity index (χ1v) is 4.42. The maximum atomic E-state index is 5.42. The van der Waals surface area contributed by atoms with Crippen molar-refractivity contribution in [1.82, 2.24) is 5.43 Å². The van der Waals surface area contributed by atoms with Gasteiger partial charge in [0, 0.05) is 19.3 Å². The standard InChI is InChI=1S/C8H18N2O/c1-2-8(10-9)7-3-5-11-6-4-7/h7-8,10H,2-6,9H2,1H3. The first-order valence-electron chi connectivity index (χ1n) is 4.42. The van der Waals surface area contributed by atoms with Crippen molar-refractivity contribution in [3.8, 4) is 0 Å². The molecule has 11 heavy (non-hydrogen) atoms. The third kappa shape index (κ3) is 2.43. The summed E-state index contributed by atoms with van der Waals surface area (Å²) in [5.74, 6) is 6.14. The molecule has 1 atom stereocenters. The zero-order valence-electron chi connectivity index (χ0n) is 7.18. The lowest BCUT2D eigenvalue weighted by atomic mass is 9.91. The Morgan fingerprint density at radius 1 is 1.55 bits per heavy atom. The Bertz CT molecular complexity index is 98.3. The van der Waals surface area contributed by atoms with E-state index in [2.05, 4.69) is 12.3 Å². The Hall–Kier alpha value is -0.120. The molecule has 0 aromatic heterocycles. The van der Waals surface area contributed by atoms with Gasteiger partial charge >= 0.3 is 0 Å². The van der Waals surface area contributed by atoms with E-state index < -0.39 is 0 Å². The minimum Gasteiger partial charge on any atom is -0.381 e. The van der Waals surface area contributed by atoms with Crippen LogP contribution >= 0.6 is 0 Å². The average Bonchev–Trinajstić information content (AvgIpc) is 2.09. The number of nitrogens with one attached hydrogen (secondary N) is 1. The Balaban J connectivity index is 2.30. The largest absolute Gasteiger partial charge is 0.381 e. The van der Waals surface area contributed by atoms with E-state index in [-0.39, 0.29) is 0 Å². The van der Waals surface area contributed by atoms with Crippen molar-refractivity contribution < 1.29 is 4.74 Å². The fourth-order valence-electron chi connectivity index (χ4n) is 1.71. The minimum absolute atomic E-state index is 0.485. The Morgan fingerprint density at radius 3 is 2.64 bits per heavy atom. The lowest BCUT2D eigenvalue weighted by molar-refractivity contribution is 0.0532. The summed E-state index contributed by atoms with van der Waals surface area (Å²) in [4.78, 5) is 0. The molecule has 0 aromatic carbocycles. The quantitative estimate of drug-likeness (QED) is 0.468. The molecule has 1 rings (SSSR count). The summed E-state index contributed by atoms with van der Waals surface area (Å²) < 4.78 is 5.27. The average molecular weight is 158 g/mol. The zero-order valence-corrected chi connectivity index (χ0v) is 7.18. The molecule has 0 amide bonds. The smallest absolute Gasteiger partial charge is 0.0469 e. The van der Waals surface area contributed by atoms with Crippen molar-refractivity contribution in [1.29, 1.82) is 0 Å². The van der Waals surface area contributed by atoms with Gasteiger partial charge in [0.1, 0.15) is 0 Å². The number of hydrazine groups is 1. The summed E-state index contributed by atoms with van der Waals surface area (Å²) >= 11 is 0. The van der Waals surface area contributed by atoms with E-state index in [4.69, 9.17) is 10.6 Å². The van der Waals surface area contributed by atoms with E-state index in [1.165, 1.54) is 0 Å². The fourth-order valence-corrected chi connectivity index (χ4v) is 1.71. The molecule has 3 nitrogen and oxygen atoms in total. The van der Waals surface area contributed by atoms with Crippen LogP contribution in [-0.4, -0.2) is 19.3 Å². The van der Waals surface area contributed by atoms with Crippen LogP contribution in [0.25, 0.3) is 0 Å². The number of nitrogens with two attached hydrogens (primary N) is 1. The Morgan fingerprint density at radius 2 is 2.18 bits per heavy atom. The van der Waals surface area contributed by atoms with Crippen LogP contribution in [0.15, 0.2) is 0 Å². The molecular formula is C8H18N2O. The number of hydrogen-bond acceptors (Lipinski definition) is 3. The highest BCUT2D eigenvalue weighted by Crippen LogP contribution is 2.19. The highest BCUT2D eigenvalue weighted by atomic mass is 16.5. The highest BCUT2D eigenvalue weighted by molar-refractivity contribution is 4.75. The van der Waals surface area contributed by atoms with E-state index in [9.17, 15) is 0 Å². The van der Waals surface area contributed by atoms with E-state index in [1.54, 1.807) is 0 Å². The molecular weight excluding hydrogens is 140 g/mol. The van der Waals surface area contributed by atoms with Crippen molar-refractivity contribution >= 4 is 0 Å². The van der Waals surface area contributed by atoms with Crippen LogP contribution in [0.5, 0.6) is 0 Å². The van der Waals surface area contributed by atoms with Gasteiger partial charge in [0.25, 0.3) is 0 Å². The molecule has 1 fully saturated rings. The van der Waals surface area contributed by atoms with Gasteiger partial charge in [0.15, 0.2) is 0 Å². The van der Waals surface area contributed by atoms with Crippen molar-refractivity contribution in [3.63, 3.8) is 0 Å². The predicted octanol–water partition coefficient (Wildman–Crippen LogP) is 0.655. The Kier molecular flexibility index (Phi) is 3.83. The van der Waals surface area contributed by atoms with Crippen molar-refractivity contribution in [2.45, 2.75) is 32.2 Å². The summed E-state index contributed by atoms with van der Waals surface area (Å²) in [6.45, 7) is 3.98. The van der Waals surface area contributed by atoms with Crippen LogP contribution in [0.2, 0.25) is 0 Å². The van der Waals surface area contributed by atoms with E-state index >= 15 is 0 Å². The molecule has 0 radical (unpaired) electrons. The third-order valence-electron chi connectivity index (χ3n) is 2.49. The maximum absolute atomic E-state index is 5.42. The molecule has 3 N–H and O–H groups in total. The second-order valence-corrected chi connectivity index (χ2v) is 3.13. The monoisotopic (exact) mass is 158 g/mol. The fraction of sp³-hybridized carbons (Fsp3) is 1.00. The zero-order chi connectivity index (χ0) is 8.10. The van der Waals surface area contributed by atoms with Crippen molar-refractivity contribution in [2.24, 2.45) is 11.8 Å². The second kappa shape index (κ2) is 4.70. The summed E-state index contributed by atoms with van der Waals surface area (Å²) in [6, 6.07) is 0.485. The van der Waals surface area contributed by atoms with Gasteiger partial charge in [-0.2, -0.15) is 0 Å². The van der Waals surface area contributed by atoms with Crippen LogP contribution in [0.4, 0.5) is 0 Å². The number of rotatable bonds is 3. The van der Waals surface area contributed by atoms with Gasteiger partial charge in [-0.15, -0.1) is 0 Å². The van der Waals surface area contributed by atoms with Crippen LogP contribution in [0, 0.1) is 5.92 Å². The molecule has 3 heteroatoms. The molecule has 1 heterocycles. The molecule has 1 unspecified atom stereocenters. The van der Waals surface area contributed by atoms with Crippen LogP contribution in [0.1, 0.15) is 26.2 Å². The molecule has 0 aromatic rings.